The van der Waals surface area contributed by atoms with Crippen LogP contribution in [0.25, 0.3) is 0 Å². The van der Waals surface area contributed by atoms with Gasteiger partial charge in [0, 0.05) is 19.6 Å². The van der Waals surface area contributed by atoms with Gasteiger partial charge in [0.05, 0.1) is 13.2 Å². The van der Waals surface area contributed by atoms with Crippen molar-refractivity contribution >= 4 is 17.6 Å². The van der Waals surface area contributed by atoms with E-state index in [1.54, 1.807) is 4.68 Å². The van der Waals surface area contributed by atoms with Gasteiger partial charge < -0.3 is 21.1 Å². The van der Waals surface area contributed by atoms with E-state index in [2.05, 4.69) is 15.7 Å². The standard InChI is InChI=1S/C11H19N5O2/c1-3-4-16-9(12)8(11(17)18-2)10(15-16)14-7-5-13-6-7/h7,13H,3-6,12H2,1-2H3,(H,14,15). The maximum atomic E-state index is 11.7. The van der Waals surface area contributed by atoms with E-state index < -0.39 is 5.97 Å². The summed E-state index contributed by atoms with van der Waals surface area (Å²) in [6.07, 6.45) is 0.900. The number of rotatable bonds is 5. The van der Waals surface area contributed by atoms with E-state index in [0.717, 1.165) is 19.5 Å². The summed E-state index contributed by atoms with van der Waals surface area (Å²) in [4.78, 5) is 11.7. The fourth-order valence-corrected chi connectivity index (χ4v) is 1.85. The monoisotopic (exact) mass is 253 g/mol. The largest absolute Gasteiger partial charge is 0.465 e. The Bertz CT molecular complexity index is 439. The summed E-state index contributed by atoms with van der Waals surface area (Å²) in [6.45, 7) is 4.44. The Morgan fingerprint density at radius 3 is 2.89 bits per heavy atom. The van der Waals surface area contributed by atoms with Crippen molar-refractivity contribution in [3.05, 3.63) is 5.56 Å². The third kappa shape index (κ3) is 2.26. The molecule has 0 amide bonds. The molecule has 100 valence electrons. The van der Waals surface area contributed by atoms with Gasteiger partial charge in [-0.25, -0.2) is 9.48 Å². The van der Waals surface area contributed by atoms with Crippen LogP contribution in [0.2, 0.25) is 0 Å². The molecule has 1 aliphatic heterocycles. The number of aryl methyl sites for hydroxylation is 1. The van der Waals surface area contributed by atoms with Crippen LogP contribution < -0.4 is 16.4 Å². The number of esters is 1. The van der Waals surface area contributed by atoms with Crippen molar-refractivity contribution in [2.45, 2.75) is 25.9 Å². The number of nitrogens with one attached hydrogen (secondary N) is 2. The van der Waals surface area contributed by atoms with Crippen LogP contribution in [0.3, 0.4) is 0 Å². The highest BCUT2D eigenvalue weighted by molar-refractivity contribution is 5.99. The summed E-state index contributed by atoms with van der Waals surface area (Å²) in [5.74, 6) is 0.419. The van der Waals surface area contributed by atoms with Crippen LogP contribution in [-0.4, -0.2) is 42.0 Å². The highest BCUT2D eigenvalue weighted by atomic mass is 16.5. The van der Waals surface area contributed by atoms with E-state index >= 15 is 0 Å². The van der Waals surface area contributed by atoms with Crippen LogP contribution in [0.1, 0.15) is 23.7 Å². The first kappa shape index (κ1) is 12.7. The molecule has 2 heterocycles. The number of anilines is 2. The molecule has 1 saturated heterocycles. The normalized spacial score (nSPS) is 15.2. The van der Waals surface area contributed by atoms with Gasteiger partial charge in [-0.05, 0) is 6.42 Å². The van der Waals surface area contributed by atoms with Gasteiger partial charge in [0.15, 0.2) is 5.82 Å². The van der Waals surface area contributed by atoms with Gasteiger partial charge in [-0.3, -0.25) is 0 Å². The Hall–Kier alpha value is -1.76. The van der Waals surface area contributed by atoms with Crippen molar-refractivity contribution in [3.63, 3.8) is 0 Å². The minimum atomic E-state index is -0.454. The first-order chi connectivity index (χ1) is 8.67. The molecular formula is C11H19N5O2. The molecule has 0 aromatic carbocycles. The Morgan fingerprint density at radius 1 is 1.67 bits per heavy atom. The Labute approximate surface area is 106 Å². The highest BCUT2D eigenvalue weighted by Gasteiger charge is 2.26. The smallest absolute Gasteiger partial charge is 0.345 e. The molecule has 2 rings (SSSR count). The second-order valence-electron chi connectivity index (χ2n) is 4.32. The molecule has 1 fully saturated rings. The molecule has 1 aromatic heterocycles. The highest BCUT2D eigenvalue weighted by Crippen LogP contribution is 2.24. The van der Waals surface area contributed by atoms with Gasteiger partial charge >= 0.3 is 5.97 Å². The Morgan fingerprint density at radius 2 is 2.39 bits per heavy atom. The van der Waals surface area contributed by atoms with Crippen LogP contribution in [0.15, 0.2) is 0 Å². The maximum Gasteiger partial charge on any atom is 0.345 e. The second kappa shape index (κ2) is 5.26. The zero-order chi connectivity index (χ0) is 13.1. The topological polar surface area (TPSA) is 94.2 Å². The SMILES string of the molecule is CCCn1nc(NC2CNC2)c(C(=O)OC)c1N. The average molecular weight is 253 g/mol. The number of ether oxygens (including phenoxy) is 1. The van der Waals surface area contributed by atoms with Crippen LogP contribution in [-0.2, 0) is 11.3 Å². The molecule has 0 unspecified atom stereocenters. The van der Waals surface area contributed by atoms with Gasteiger partial charge in [0.1, 0.15) is 11.4 Å². The first-order valence-electron chi connectivity index (χ1n) is 6.09. The van der Waals surface area contributed by atoms with E-state index in [4.69, 9.17) is 10.5 Å². The lowest BCUT2D eigenvalue weighted by atomic mass is 10.1. The van der Waals surface area contributed by atoms with Gasteiger partial charge in [0.2, 0.25) is 0 Å². The van der Waals surface area contributed by atoms with E-state index in [1.165, 1.54) is 7.11 Å². The van der Waals surface area contributed by atoms with E-state index in [1.807, 2.05) is 6.92 Å². The van der Waals surface area contributed by atoms with Crippen molar-refractivity contribution in [2.24, 2.45) is 0 Å². The van der Waals surface area contributed by atoms with Crippen molar-refractivity contribution in [2.75, 3.05) is 31.2 Å². The van der Waals surface area contributed by atoms with Crippen LogP contribution in [0.4, 0.5) is 11.6 Å². The molecule has 7 heteroatoms. The fourth-order valence-electron chi connectivity index (χ4n) is 1.85. The Balaban J connectivity index is 2.28. The van der Waals surface area contributed by atoms with E-state index in [-0.39, 0.29) is 6.04 Å². The summed E-state index contributed by atoms with van der Waals surface area (Å²) in [5, 5.41) is 10.7. The number of hydrogen-bond donors (Lipinski definition) is 3. The van der Waals surface area contributed by atoms with Gasteiger partial charge in [0.25, 0.3) is 0 Å². The number of hydrogen-bond acceptors (Lipinski definition) is 6. The molecular weight excluding hydrogens is 234 g/mol. The van der Waals surface area contributed by atoms with E-state index in [9.17, 15) is 4.79 Å². The van der Waals surface area contributed by atoms with Gasteiger partial charge in [-0.1, -0.05) is 6.92 Å². The predicted molar refractivity (Wildman–Crippen MR) is 68.6 cm³/mol. The summed E-state index contributed by atoms with van der Waals surface area (Å²) < 4.78 is 6.39. The lowest BCUT2D eigenvalue weighted by molar-refractivity contribution is 0.0603. The number of methoxy groups -OCH3 is 1. The van der Waals surface area contributed by atoms with Gasteiger partial charge in [-0.15, -0.1) is 0 Å². The quantitative estimate of drug-likeness (QED) is 0.642. The Kier molecular flexibility index (Phi) is 3.71. The van der Waals surface area contributed by atoms with Crippen molar-refractivity contribution in [3.8, 4) is 0 Å². The van der Waals surface area contributed by atoms with Crippen LogP contribution in [0, 0.1) is 0 Å². The summed E-state index contributed by atoms with van der Waals surface area (Å²) in [7, 11) is 1.34. The van der Waals surface area contributed by atoms with Gasteiger partial charge in [-0.2, -0.15) is 5.10 Å². The first-order valence-corrected chi connectivity index (χ1v) is 6.09. The van der Waals surface area contributed by atoms with Crippen LogP contribution in [0.5, 0.6) is 0 Å². The average Bonchev–Trinajstić information content (AvgIpc) is 2.61. The predicted octanol–water partition coefficient (Wildman–Crippen LogP) is 0.0456. The number of carbonyl (C=O) groups excluding carboxylic acids is 1. The number of nitrogen functional groups attached to an aromatic ring is 1. The number of nitrogens with zero attached hydrogens (tertiary/aromatic N) is 2. The minimum Gasteiger partial charge on any atom is -0.465 e. The van der Waals surface area contributed by atoms with Crippen LogP contribution >= 0.6 is 0 Å². The summed E-state index contributed by atoms with van der Waals surface area (Å²) in [6, 6.07) is 0.290. The molecule has 1 aromatic rings. The molecule has 7 nitrogen and oxygen atoms in total. The third-order valence-corrected chi connectivity index (χ3v) is 2.94. The minimum absolute atomic E-state index is 0.290. The lowest BCUT2D eigenvalue weighted by Crippen LogP contribution is -2.51. The molecule has 0 bridgehead atoms. The molecule has 0 radical (unpaired) electrons. The van der Waals surface area contributed by atoms with Crippen molar-refractivity contribution in [1.29, 1.82) is 0 Å². The lowest BCUT2D eigenvalue weighted by Gasteiger charge is -2.28. The molecule has 4 N–H and O–H groups in total. The van der Waals surface area contributed by atoms with E-state index in [0.29, 0.717) is 23.7 Å². The number of aromatic nitrogens is 2. The number of nitrogens with two attached hydrogens (primary N) is 1. The molecule has 1 aliphatic rings. The summed E-state index contributed by atoms with van der Waals surface area (Å²) >= 11 is 0. The molecule has 0 saturated carbocycles. The molecule has 18 heavy (non-hydrogen) atoms. The maximum absolute atomic E-state index is 11.7. The zero-order valence-electron chi connectivity index (χ0n) is 10.7. The molecule has 0 atom stereocenters. The molecule has 0 aliphatic carbocycles. The fraction of sp³-hybridized carbons (Fsp3) is 0.636. The summed E-state index contributed by atoms with van der Waals surface area (Å²) in [5.41, 5.74) is 6.28. The zero-order valence-corrected chi connectivity index (χ0v) is 10.7. The van der Waals surface area contributed by atoms with Crippen molar-refractivity contribution < 1.29 is 9.53 Å². The van der Waals surface area contributed by atoms with Crippen molar-refractivity contribution in [1.82, 2.24) is 15.1 Å². The molecule has 0 spiro atoms. The number of carbonyl (C=O) groups is 1. The second-order valence-corrected chi connectivity index (χ2v) is 4.32. The third-order valence-electron chi connectivity index (χ3n) is 2.94.